The number of nitrogens with zero attached hydrogens (tertiary/aromatic N) is 2. The number of hydrogen-bond donors (Lipinski definition) is 2. The smallest absolute Gasteiger partial charge is 0.221 e. The number of aliphatic hydroxyl groups is 1. The number of rotatable bonds is 4. The van der Waals surface area contributed by atoms with E-state index in [-0.39, 0.29) is 22.8 Å². The van der Waals surface area contributed by atoms with Crippen LogP contribution in [0.4, 0.5) is 10.3 Å². The van der Waals surface area contributed by atoms with E-state index in [1.54, 1.807) is 0 Å². The van der Waals surface area contributed by atoms with Crippen LogP contribution in [0.1, 0.15) is 13.3 Å². The molecule has 0 saturated heterocycles. The van der Waals surface area contributed by atoms with E-state index in [1.807, 2.05) is 6.92 Å². The SMILES string of the molecule is CC(CCO)Sc1nc(N)ncc1F. The third-order valence-corrected chi connectivity index (χ3v) is 2.73. The molecule has 1 atom stereocenters. The lowest BCUT2D eigenvalue weighted by molar-refractivity contribution is 0.289. The average molecular weight is 217 g/mol. The van der Waals surface area contributed by atoms with E-state index in [9.17, 15) is 4.39 Å². The molecule has 1 heterocycles. The van der Waals surface area contributed by atoms with Crippen LogP contribution in [0.2, 0.25) is 0 Å². The molecule has 0 bridgehead atoms. The average Bonchev–Trinajstić information content (AvgIpc) is 2.12. The molecule has 0 aliphatic carbocycles. The summed E-state index contributed by atoms with van der Waals surface area (Å²) < 4.78 is 13.1. The summed E-state index contributed by atoms with van der Waals surface area (Å²) in [5, 5.41) is 9.01. The number of halogens is 1. The van der Waals surface area contributed by atoms with E-state index in [0.29, 0.717) is 6.42 Å². The molecule has 0 aromatic carbocycles. The van der Waals surface area contributed by atoms with Crippen molar-refractivity contribution in [1.82, 2.24) is 9.97 Å². The molecule has 14 heavy (non-hydrogen) atoms. The van der Waals surface area contributed by atoms with Gasteiger partial charge in [-0.2, -0.15) is 0 Å². The summed E-state index contributed by atoms with van der Waals surface area (Å²) in [4.78, 5) is 7.29. The number of nitrogens with two attached hydrogens (primary N) is 1. The fourth-order valence-electron chi connectivity index (χ4n) is 0.878. The third kappa shape index (κ3) is 3.12. The molecular weight excluding hydrogens is 205 g/mol. The second kappa shape index (κ2) is 5.11. The maximum Gasteiger partial charge on any atom is 0.221 e. The van der Waals surface area contributed by atoms with Gasteiger partial charge < -0.3 is 10.8 Å². The molecule has 1 unspecified atom stereocenters. The van der Waals surface area contributed by atoms with Gasteiger partial charge in [-0.05, 0) is 6.42 Å². The van der Waals surface area contributed by atoms with Crippen molar-refractivity contribution < 1.29 is 9.50 Å². The Morgan fingerprint density at radius 3 is 3.07 bits per heavy atom. The molecule has 1 aromatic rings. The molecule has 6 heteroatoms. The molecular formula is C8H12FN3OS. The molecule has 4 nitrogen and oxygen atoms in total. The van der Waals surface area contributed by atoms with Gasteiger partial charge in [0, 0.05) is 11.9 Å². The molecule has 0 radical (unpaired) electrons. The highest BCUT2D eigenvalue weighted by molar-refractivity contribution is 7.99. The largest absolute Gasteiger partial charge is 0.396 e. The number of hydrogen-bond acceptors (Lipinski definition) is 5. The Kier molecular flexibility index (Phi) is 4.09. The van der Waals surface area contributed by atoms with Gasteiger partial charge in [-0.15, -0.1) is 11.8 Å². The zero-order valence-electron chi connectivity index (χ0n) is 7.77. The maximum atomic E-state index is 13.1. The molecule has 1 aromatic heterocycles. The maximum absolute atomic E-state index is 13.1. The van der Waals surface area contributed by atoms with Crippen LogP contribution in [-0.4, -0.2) is 26.9 Å². The van der Waals surface area contributed by atoms with E-state index in [2.05, 4.69) is 9.97 Å². The highest BCUT2D eigenvalue weighted by Gasteiger charge is 2.10. The topological polar surface area (TPSA) is 72.0 Å². The normalized spacial score (nSPS) is 12.8. The Morgan fingerprint density at radius 1 is 1.71 bits per heavy atom. The van der Waals surface area contributed by atoms with Gasteiger partial charge in [0.05, 0.1) is 6.20 Å². The molecule has 0 aliphatic rings. The number of aromatic nitrogens is 2. The Balaban J connectivity index is 2.70. The van der Waals surface area contributed by atoms with Crippen molar-refractivity contribution in [3.05, 3.63) is 12.0 Å². The molecule has 78 valence electrons. The van der Waals surface area contributed by atoms with Crippen LogP contribution >= 0.6 is 11.8 Å². The van der Waals surface area contributed by atoms with Crippen LogP contribution < -0.4 is 5.73 Å². The summed E-state index contributed by atoms with van der Waals surface area (Å²) in [7, 11) is 0. The van der Waals surface area contributed by atoms with Crippen molar-refractivity contribution in [3.63, 3.8) is 0 Å². The van der Waals surface area contributed by atoms with E-state index >= 15 is 0 Å². The fraction of sp³-hybridized carbons (Fsp3) is 0.500. The summed E-state index contributed by atoms with van der Waals surface area (Å²) in [6.45, 7) is 1.97. The summed E-state index contributed by atoms with van der Waals surface area (Å²) >= 11 is 1.24. The van der Waals surface area contributed by atoms with E-state index in [4.69, 9.17) is 10.8 Å². The van der Waals surface area contributed by atoms with Gasteiger partial charge in [0.1, 0.15) is 5.03 Å². The predicted octanol–water partition coefficient (Wildman–Crippen LogP) is 1.06. The van der Waals surface area contributed by atoms with Crippen LogP contribution in [0, 0.1) is 5.82 Å². The second-order valence-electron chi connectivity index (χ2n) is 2.82. The molecule has 0 spiro atoms. The minimum absolute atomic E-state index is 0.0603. The number of thioether (sulfide) groups is 1. The number of anilines is 1. The fourth-order valence-corrected chi connectivity index (χ4v) is 1.79. The predicted molar refractivity (Wildman–Crippen MR) is 53.4 cm³/mol. The molecule has 1 rings (SSSR count). The highest BCUT2D eigenvalue weighted by atomic mass is 32.2. The zero-order valence-corrected chi connectivity index (χ0v) is 8.59. The summed E-state index contributed by atoms with van der Waals surface area (Å²) in [6.07, 6.45) is 1.64. The molecule has 0 saturated carbocycles. The summed E-state index contributed by atoms with van der Waals surface area (Å²) in [6, 6.07) is 0. The molecule has 0 amide bonds. The van der Waals surface area contributed by atoms with Crippen LogP contribution in [-0.2, 0) is 0 Å². The minimum atomic E-state index is -0.478. The van der Waals surface area contributed by atoms with Gasteiger partial charge in [0.25, 0.3) is 0 Å². The quantitative estimate of drug-likeness (QED) is 0.583. The first-order valence-electron chi connectivity index (χ1n) is 4.19. The Labute approximate surface area is 85.8 Å². The van der Waals surface area contributed by atoms with E-state index in [0.717, 1.165) is 6.20 Å². The first kappa shape index (κ1) is 11.2. The van der Waals surface area contributed by atoms with Crippen LogP contribution in [0.3, 0.4) is 0 Å². The summed E-state index contributed by atoms with van der Waals surface area (Å²) in [5.41, 5.74) is 5.33. The van der Waals surface area contributed by atoms with Crippen molar-refractivity contribution in [1.29, 1.82) is 0 Å². The van der Waals surface area contributed by atoms with Crippen LogP contribution in [0.5, 0.6) is 0 Å². The molecule has 0 fully saturated rings. The van der Waals surface area contributed by atoms with Crippen LogP contribution in [0.25, 0.3) is 0 Å². The van der Waals surface area contributed by atoms with Crippen molar-refractivity contribution in [3.8, 4) is 0 Å². The van der Waals surface area contributed by atoms with E-state index in [1.165, 1.54) is 11.8 Å². The van der Waals surface area contributed by atoms with Gasteiger partial charge in [0.2, 0.25) is 5.95 Å². The van der Waals surface area contributed by atoms with Gasteiger partial charge in [0.15, 0.2) is 5.82 Å². The first-order valence-corrected chi connectivity index (χ1v) is 5.07. The zero-order chi connectivity index (χ0) is 10.6. The number of nitrogen functional groups attached to an aromatic ring is 1. The van der Waals surface area contributed by atoms with Gasteiger partial charge in [-0.25, -0.2) is 14.4 Å². The Bertz CT molecular complexity index is 311. The van der Waals surface area contributed by atoms with Gasteiger partial charge >= 0.3 is 0 Å². The van der Waals surface area contributed by atoms with Crippen molar-refractivity contribution in [2.45, 2.75) is 23.6 Å². The van der Waals surface area contributed by atoms with Gasteiger partial charge in [-0.1, -0.05) is 6.92 Å². The Morgan fingerprint density at radius 2 is 2.43 bits per heavy atom. The Hall–Kier alpha value is -0.880. The standard InChI is InChI=1S/C8H12FN3OS/c1-5(2-3-13)14-7-6(9)4-11-8(10)12-7/h4-5,13H,2-3H2,1H3,(H2,10,11,12). The van der Waals surface area contributed by atoms with Gasteiger partial charge in [-0.3, -0.25) is 0 Å². The van der Waals surface area contributed by atoms with Crippen molar-refractivity contribution in [2.75, 3.05) is 12.3 Å². The lowest BCUT2D eigenvalue weighted by Crippen LogP contribution is -2.03. The highest BCUT2D eigenvalue weighted by Crippen LogP contribution is 2.25. The molecule has 3 N–H and O–H groups in total. The third-order valence-electron chi connectivity index (χ3n) is 1.58. The minimum Gasteiger partial charge on any atom is -0.396 e. The van der Waals surface area contributed by atoms with E-state index < -0.39 is 5.82 Å². The lowest BCUT2D eigenvalue weighted by Gasteiger charge is -2.08. The number of aliphatic hydroxyl groups excluding tert-OH is 1. The monoisotopic (exact) mass is 217 g/mol. The van der Waals surface area contributed by atoms with Crippen molar-refractivity contribution >= 4 is 17.7 Å². The molecule has 0 aliphatic heterocycles. The summed E-state index contributed by atoms with van der Waals surface area (Å²) in [5.74, 6) is -0.418. The first-order chi connectivity index (χ1) is 6.63. The van der Waals surface area contributed by atoms with Crippen molar-refractivity contribution in [2.24, 2.45) is 0 Å². The van der Waals surface area contributed by atoms with Crippen LogP contribution in [0.15, 0.2) is 11.2 Å². The lowest BCUT2D eigenvalue weighted by atomic mass is 10.3. The second-order valence-corrected chi connectivity index (χ2v) is 4.25.